The first-order chi connectivity index (χ1) is 13.7. The van der Waals surface area contributed by atoms with Crippen LogP contribution in [0.15, 0.2) is 60.7 Å². The zero-order chi connectivity index (χ0) is 20.9. The van der Waals surface area contributed by atoms with Crippen molar-refractivity contribution in [2.24, 2.45) is 5.92 Å². The minimum atomic E-state index is -0.381. The summed E-state index contributed by atoms with van der Waals surface area (Å²) in [5.41, 5.74) is 3.06. The maximum Gasteiger partial charge on any atom is 0.495 e. The molecule has 0 unspecified atom stereocenters. The third kappa shape index (κ3) is 3.64. The molecule has 4 heteroatoms. The van der Waals surface area contributed by atoms with Crippen molar-refractivity contribution in [3.8, 4) is 5.75 Å². The average molecular weight is 390 g/mol. The molecule has 2 aromatic carbocycles. The number of allylic oxidation sites excluding steroid dienone is 1. The Bertz CT molecular complexity index is 885. The zero-order valence-corrected chi connectivity index (χ0v) is 18.4. The Kier molecular flexibility index (Phi) is 4.91. The van der Waals surface area contributed by atoms with Crippen molar-refractivity contribution >= 4 is 12.6 Å². The number of ether oxygens (including phenoxy) is 1. The lowest BCUT2D eigenvalue weighted by molar-refractivity contribution is 0.00578. The molecule has 3 nitrogen and oxygen atoms in total. The van der Waals surface area contributed by atoms with Gasteiger partial charge in [-0.15, -0.1) is 0 Å². The van der Waals surface area contributed by atoms with Crippen molar-refractivity contribution in [3.05, 3.63) is 71.8 Å². The summed E-state index contributed by atoms with van der Waals surface area (Å²) in [6, 6.07) is 19.0. The van der Waals surface area contributed by atoms with Crippen LogP contribution in [0.3, 0.4) is 0 Å². The molecule has 1 aliphatic carbocycles. The minimum absolute atomic E-state index is 0.169. The lowest BCUT2D eigenvalue weighted by Gasteiger charge is -2.32. The SMILES string of the molecule is COc1ccc(/C(=C\[C@@H]2C[C@@]2(C)c2ccccc2)B2OC(C)(C)C(C)(C)O2)cc1. The Morgan fingerprint density at radius 1 is 0.931 bits per heavy atom. The van der Waals surface area contributed by atoms with Gasteiger partial charge >= 0.3 is 7.12 Å². The third-order valence-corrected chi connectivity index (χ3v) is 7.05. The van der Waals surface area contributed by atoms with E-state index < -0.39 is 0 Å². The average Bonchev–Trinajstić information content (AvgIpc) is 3.30. The van der Waals surface area contributed by atoms with Crippen molar-refractivity contribution in [1.82, 2.24) is 0 Å². The van der Waals surface area contributed by atoms with E-state index in [1.54, 1.807) is 7.11 Å². The second kappa shape index (κ2) is 7.03. The van der Waals surface area contributed by atoms with Crippen LogP contribution in [0.2, 0.25) is 0 Å². The van der Waals surface area contributed by atoms with E-state index in [1.807, 2.05) is 12.1 Å². The first-order valence-electron chi connectivity index (χ1n) is 10.4. The first-order valence-corrected chi connectivity index (χ1v) is 10.4. The molecule has 1 saturated heterocycles. The van der Waals surface area contributed by atoms with Gasteiger partial charge in [0.05, 0.1) is 18.3 Å². The summed E-state index contributed by atoms with van der Waals surface area (Å²) in [5.74, 6) is 1.31. The zero-order valence-electron chi connectivity index (χ0n) is 18.4. The van der Waals surface area contributed by atoms with Crippen LogP contribution in [-0.2, 0) is 14.7 Å². The summed E-state index contributed by atoms with van der Waals surface area (Å²) >= 11 is 0. The molecular formula is C25H31BO3. The quantitative estimate of drug-likeness (QED) is 0.614. The van der Waals surface area contributed by atoms with Crippen LogP contribution in [0.5, 0.6) is 5.75 Å². The van der Waals surface area contributed by atoms with Crippen LogP contribution in [0, 0.1) is 5.92 Å². The van der Waals surface area contributed by atoms with Gasteiger partial charge in [0, 0.05) is 0 Å². The topological polar surface area (TPSA) is 27.7 Å². The Labute approximate surface area is 175 Å². The molecule has 2 aliphatic rings. The predicted molar refractivity (Wildman–Crippen MR) is 119 cm³/mol. The van der Waals surface area contributed by atoms with Crippen molar-refractivity contribution < 1.29 is 14.0 Å². The highest BCUT2D eigenvalue weighted by molar-refractivity contribution is 6.69. The third-order valence-electron chi connectivity index (χ3n) is 7.05. The number of rotatable bonds is 5. The van der Waals surface area contributed by atoms with Crippen molar-refractivity contribution in [2.45, 2.75) is 57.7 Å². The van der Waals surface area contributed by atoms with Gasteiger partial charge < -0.3 is 14.0 Å². The van der Waals surface area contributed by atoms with Gasteiger partial charge in [-0.3, -0.25) is 0 Å². The Balaban J connectivity index is 1.69. The Hall–Kier alpha value is -2.04. The minimum Gasteiger partial charge on any atom is -0.497 e. The summed E-state index contributed by atoms with van der Waals surface area (Å²) in [5, 5.41) is 0. The predicted octanol–water partition coefficient (Wildman–Crippen LogP) is 5.69. The summed E-state index contributed by atoms with van der Waals surface area (Å²) in [4.78, 5) is 0. The molecule has 0 radical (unpaired) electrons. The molecule has 0 bridgehead atoms. The Morgan fingerprint density at radius 2 is 1.52 bits per heavy atom. The number of hydrogen-bond donors (Lipinski definition) is 0. The molecule has 0 spiro atoms. The molecular weight excluding hydrogens is 359 g/mol. The van der Waals surface area contributed by atoms with Crippen LogP contribution in [0.4, 0.5) is 0 Å². The van der Waals surface area contributed by atoms with E-state index in [9.17, 15) is 0 Å². The lowest BCUT2D eigenvalue weighted by Crippen LogP contribution is -2.41. The maximum absolute atomic E-state index is 6.42. The van der Waals surface area contributed by atoms with E-state index in [4.69, 9.17) is 14.0 Å². The van der Waals surface area contributed by atoms with Gasteiger partial charge in [0.25, 0.3) is 0 Å². The van der Waals surface area contributed by atoms with Crippen molar-refractivity contribution in [3.63, 3.8) is 0 Å². The van der Waals surface area contributed by atoms with Gasteiger partial charge in [-0.25, -0.2) is 0 Å². The monoisotopic (exact) mass is 390 g/mol. The molecule has 4 rings (SSSR count). The van der Waals surface area contributed by atoms with Gasteiger partial charge in [-0.05, 0) is 74.2 Å². The van der Waals surface area contributed by atoms with Crippen molar-refractivity contribution in [1.29, 1.82) is 0 Å². The summed E-state index contributed by atoms with van der Waals surface area (Å²) in [6.07, 6.45) is 3.51. The van der Waals surface area contributed by atoms with Crippen LogP contribution < -0.4 is 4.74 Å². The molecule has 0 N–H and O–H groups in total. The lowest BCUT2D eigenvalue weighted by atomic mass is 9.73. The van der Waals surface area contributed by atoms with Gasteiger partial charge in [-0.2, -0.15) is 0 Å². The fraction of sp³-hybridized carbons (Fsp3) is 0.440. The highest BCUT2D eigenvalue weighted by Crippen LogP contribution is 2.56. The van der Waals surface area contributed by atoms with E-state index in [2.05, 4.69) is 83.2 Å². The summed E-state index contributed by atoms with van der Waals surface area (Å²) in [6.45, 7) is 10.8. The van der Waals surface area contributed by atoms with E-state index >= 15 is 0 Å². The van der Waals surface area contributed by atoms with E-state index in [-0.39, 0.29) is 23.7 Å². The molecule has 0 aromatic heterocycles. The van der Waals surface area contributed by atoms with Crippen LogP contribution in [0.1, 0.15) is 52.2 Å². The molecule has 29 heavy (non-hydrogen) atoms. The van der Waals surface area contributed by atoms with Crippen LogP contribution in [0.25, 0.3) is 5.47 Å². The highest BCUT2D eigenvalue weighted by atomic mass is 16.7. The van der Waals surface area contributed by atoms with E-state index in [1.165, 1.54) is 5.56 Å². The molecule has 1 heterocycles. The summed E-state index contributed by atoms with van der Waals surface area (Å²) in [7, 11) is 1.31. The van der Waals surface area contributed by atoms with Gasteiger partial charge in [0.2, 0.25) is 0 Å². The van der Waals surface area contributed by atoms with E-state index in [0.29, 0.717) is 5.92 Å². The molecule has 2 aromatic rings. The number of benzene rings is 2. The second-order valence-electron chi connectivity index (χ2n) is 9.53. The molecule has 1 saturated carbocycles. The summed E-state index contributed by atoms with van der Waals surface area (Å²) < 4.78 is 18.2. The molecule has 1 aliphatic heterocycles. The fourth-order valence-electron chi connectivity index (χ4n) is 4.07. The van der Waals surface area contributed by atoms with Gasteiger partial charge in [0.1, 0.15) is 5.75 Å². The fourth-order valence-corrected chi connectivity index (χ4v) is 4.07. The molecule has 152 valence electrons. The molecule has 2 fully saturated rings. The van der Waals surface area contributed by atoms with Crippen LogP contribution >= 0.6 is 0 Å². The highest BCUT2D eigenvalue weighted by Gasteiger charge is 2.54. The molecule has 0 amide bonds. The standard InChI is InChI=1S/C25H31BO3/c1-23(2)24(3,4)29-26(28-23)22(18-12-14-21(27-6)15-13-18)16-20-17-25(20,5)19-10-8-7-9-11-19/h7-16,20H,17H2,1-6H3/b22-16+/t20-,25+/m1/s1. The number of hydrogen-bond acceptors (Lipinski definition) is 3. The van der Waals surface area contributed by atoms with E-state index in [0.717, 1.165) is 23.2 Å². The van der Waals surface area contributed by atoms with Crippen molar-refractivity contribution in [2.75, 3.05) is 7.11 Å². The second-order valence-corrected chi connectivity index (χ2v) is 9.53. The first kappa shape index (κ1) is 20.2. The smallest absolute Gasteiger partial charge is 0.495 e. The van der Waals surface area contributed by atoms with Crippen LogP contribution in [-0.4, -0.2) is 25.4 Å². The van der Waals surface area contributed by atoms with Gasteiger partial charge in [0.15, 0.2) is 0 Å². The van der Waals surface area contributed by atoms with Gasteiger partial charge in [-0.1, -0.05) is 55.5 Å². The Morgan fingerprint density at radius 3 is 2.07 bits per heavy atom. The molecule has 2 atom stereocenters. The normalized spacial score (nSPS) is 27.7. The largest absolute Gasteiger partial charge is 0.497 e. The number of methoxy groups -OCH3 is 1. The maximum atomic E-state index is 6.42.